The van der Waals surface area contributed by atoms with Gasteiger partial charge in [0, 0.05) is 12.3 Å². The molecule has 1 amide bonds. The summed E-state index contributed by atoms with van der Waals surface area (Å²) in [6, 6.07) is 20.6. The third-order valence-corrected chi connectivity index (χ3v) is 12.7. The predicted molar refractivity (Wildman–Crippen MR) is 160 cm³/mol. The zero-order valence-corrected chi connectivity index (χ0v) is 25.0. The molecule has 5 rings (SSSR count). The van der Waals surface area contributed by atoms with Crippen LogP contribution in [0, 0.1) is 5.92 Å². The maximum absolute atomic E-state index is 12.8. The summed E-state index contributed by atoms with van der Waals surface area (Å²) < 4.78 is 15.3. The van der Waals surface area contributed by atoms with Gasteiger partial charge in [-0.3, -0.25) is 24.5 Å². The molecule has 0 bridgehead atoms. The second kappa shape index (κ2) is 11.3. The Kier molecular flexibility index (Phi) is 7.97. The molecule has 3 N–H and O–H groups in total. The van der Waals surface area contributed by atoms with Gasteiger partial charge in [-0.2, -0.15) is 4.98 Å². The number of aliphatic hydroxyl groups is 1. The Bertz CT molecular complexity index is 1530. The van der Waals surface area contributed by atoms with Crippen molar-refractivity contribution >= 4 is 41.7 Å². The second-order valence-electron chi connectivity index (χ2n) is 11.7. The number of fused-ring (bicyclic) bond motifs is 1. The van der Waals surface area contributed by atoms with Gasteiger partial charge in [-0.15, -0.1) is 0 Å². The molecule has 4 aromatic rings. The Morgan fingerprint density at radius 2 is 1.76 bits per heavy atom. The normalized spacial score (nSPS) is 19.6. The van der Waals surface area contributed by atoms with Crippen LogP contribution in [0.25, 0.3) is 11.2 Å². The number of amides is 1. The molecule has 10 nitrogen and oxygen atoms in total. The van der Waals surface area contributed by atoms with Crippen LogP contribution < -0.4 is 21.2 Å². The molecule has 216 valence electrons. The molecule has 1 unspecified atom stereocenters. The third kappa shape index (κ3) is 5.37. The summed E-state index contributed by atoms with van der Waals surface area (Å²) in [5.41, 5.74) is -0.0572. The van der Waals surface area contributed by atoms with Crippen molar-refractivity contribution in [3.05, 3.63) is 77.3 Å². The summed E-state index contributed by atoms with van der Waals surface area (Å²) in [7, 11) is -2.92. The standard InChI is InChI=1S/C30H37N5O5Si/c1-19(2)27(37)33-29-32-26-25(28(38)34-29)31-18-35(26)24-16-22(23(17-36)39-24)40-41(30(3,4)5,20-12-8-6-9-13-20)21-14-10-7-11-15-21/h6-15,18-19,22-24,36H,16-17H2,1-5H3,(H2,32,33,34,37,38)/t22?,23-,24-/m1/s1. The minimum Gasteiger partial charge on any atom is -0.402 e. The molecule has 3 heterocycles. The summed E-state index contributed by atoms with van der Waals surface area (Å²) in [5, 5.41) is 15.1. The summed E-state index contributed by atoms with van der Waals surface area (Å²) in [5.74, 6) is -0.515. The summed E-state index contributed by atoms with van der Waals surface area (Å²) in [6.07, 6.45) is 0.259. The fraction of sp³-hybridized carbons (Fsp3) is 0.400. The van der Waals surface area contributed by atoms with Crippen LogP contribution in [0.2, 0.25) is 5.04 Å². The van der Waals surface area contributed by atoms with Crippen molar-refractivity contribution < 1.29 is 19.1 Å². The Hall–Kier alpha value is -3.64. The van der Waals surface area contributed by atoms with Crippen molar-refractivity contribution in [3.8, 4) is 0 Å². The number of aliphatic hydroxyl groups excluding tert-OH is 1. The number of hydrogen-bond acceptors (Lipinski definition) is 7. The molecule has 41 heavy (non-hydrogen) atoms. The number of nitrogens with one attached hydrogen (secondary N) is 2. The molecule has 1 fully saturated rings. The van der Waals surface area contributed by atoms with E-state index < -0.39 is 32.3 Å². The van der Waals surface area contributed by atoms with E-state index >= 15 is 0 Å². The van der Waals surface area contributed by atoms with E-state index in [9.17, 15) is 14.7 Å². The minimum absolute atomic E-state index is 0.0415. The molecule has 1 aliphatic heterocycles. The fourth-order valence-corrected chi connectivity index (χ4v) is 10.3. The number of anilines is 1. The highest BCUT2D eigenvalue weighted by molar-refractivity contribution is 6.99. The molecule has 2 aromatic heterocycles. The molecule has 0 aliphatic carbocycles. The number of aromatic nitrogens is 4. The Morgan fingerprint density at radius 3 is 2.29 bits per heavy atom. The van der Waals surface area contributed by atoms with Crippen molar-refractivity contribution in [2.75, 3.05) is 11.9 Å². The number of rotatable bonds is 8. The minimum atomic E-state index is -2.92. The monoisotopic (exact) mass is 575 g/mol. The van der Waals surface area contributed by atoms with E-state index in [2.05, 4.69) is 65.3 Å². The molecule has 2 aromatic carbocycles. The molecular weight excluding hydrogens is 538 g/mol. The van der Waals surface area contributed by atoms with Crippen LogP contribution in [0.5, 0.6) is 0 Å². The quantitative estimate of drug-likeness (QED) is 0.275. The predicted octanol–water partition coefficient (Wildman–Crippen LogP) is 2.94. The molecule has 0 spiro atoms. The number of aromatic amines is 1. The number of ether oxygens (including phenoxy) is 1. The fourth-order valence-electron chi connectivity index (χ4n) is 5.53. The van der Waals surface area contributed by atoms with Crippen LogP contribution in [0.15, 0.2) is 71.8 Å². The molecule has 1 saturated heterocycles. The van der Waals surface area contributed by atoms with E-state index in [1.807, 2.05) is 36.4 Å². The van der Waals surface area contributed by atoms with Crippen molar-refractivity contribution in [2.45, 2.75) is 64.5 Å². The average molecular weight is 576 g/mol. The molecule has 1 aliphatic rings. The highest BCUT2D eigenvalue weighted by Gasteiger charge is 2.53. The maximum atomic E-state index is 12.8. The number of benzene rings is 2. The van der Waals surface area contributed by atoms with Crippen LogP contribution >= 0.6 is 0 Å². The topological polar surface area (TPSA) is 131 Å². The SMILES string of the molecule is CC(C)C(=O)Nc1nc2c(ncn2[C@H]2CC(O[Si](c3ccccc3)(c3ccccc3)C(C)(C)C)[C@@H](CO)O2)c(=O)[nH]1. The third-order valence-electron chi connectivity index (χ3n) is 7.61. The van der Waals surface area contributed by atoms with Gasteiger partial charge in [-0.05, 0) is 15.4 Å². The van der Waals surface area contributed by atoms with E-state index in [-0.39, 0.29) is 40.6 Å². The van der Waals surface area contributed by atoms with Crippen LogP contribution in [0.4, 0.5) is 5.95 Å². The van der Waals surface area contributed by atoms with Crippen LogP contribution in [-0.2, 0) is 14.0 Å². The van der Waals surface area contributed by atoms with E-state index in [0.29, 0.717) is 6.42 Å². The summed E-state index contributed by atoms with van der Waals surface area (Å²) in [6.45, 7) is 9.87. The molecular formula is C30H37N5O5Si. The number of hydrogen-bond donors (Lipinski definition) is 3. The first-order chi connectivity index (χ1) is 19.5. The lowest BCUT2D eigenvalue weighted by molar-refractivity contribution is -0.118. The number of carbonyl (C=O) groups is 1. The van der Waals surface area contributed by atoms with Gasteiger partial charge in [0.2, 0.25) is 11.9 Å². The lowest BCUT2D eigenvalue weighted by Gasteiger charge is -2.45. The van der Waals surface area contributed by atoms with E-state index in [4.69, 9.17) is 9.16 Å². The second-order valence-corrected chi connectivity index (χ2v) is 16.0. The van der Waals surface area contributed by atoms with Crippen LogP contribution in [-0.4, -0.2) is 57.7 Å². The lowest BCUT2D eigenvalue weighted by Crippen LogP contribution is -2.68. The van der Waals surface area contributed by atoms with Gasteiger partial charge in [-0.1, -0.05) is 95.3 Å². The van der Waals surface area contributed by atoms with E-state index in [1.54, 1.807) is 18.4 Å². The molecule has 0 saturated carbocycles. The number of imidazole rings is 1. The van der Waals surface area contributed by atoms with Gasteiger partial charge in [-0.25, -0.2) is 4.98 Å². The smallest absolute Gasteiger partial charge is 0.280 e. The van der Waals surface area contributed by atoms with Crippen LogP contribution in [0.1, 0.15) is 47.3 Å². The largest absolute Gasteiger partial charge is 0.402 e. The van der Waals surface area contributed by atoms with Crippen molar-refractivity contribution in [3.63, 3.8) is 0 Å². The Labute approximate surface area is 239 Å². The van der Waals surface area contributed by atoms with Gasteiger partial charge < -0.3 is 14.3 Å². The van der Waals surface area contributed by atoms with Gasteiger partial charge in [0.05, 0.1) is 19.0 Å². The average Bonchev–Trinajstić information content (AvgIpc) is 3.56. The maximum Gasteiger partial charge on any atom is 0.280 e. The molecule has 3 atom stereocenters. The van der Waals surface area contributed by atoms with Gasteiger partial charge in [0.25, 0.3) is 13.9 Å². The number of H-pyrrole nitrogens is 1. The Balaban J connectivity index is 1.54. The molecule has 11 heteroatoms. The summed E-state index contributed by atoms with van der Waals surface area (Å²) >= 11 is 0. The lowest BCUT2D eigenvalue weighted by atomic mass is 10.2. The Morgan fingerprint density at radius 1 is 1.15 bits per heavy atom. The highest BCUT2D eigenvalue weighted by Crippen LogP contribution is 2.41. The van der Waals surface area contributed by atoms with Crippen molar-refractivity contribution in [1.29, 1.82) is 0 Å². The van der Waals surface area contributed by atoms with Crippen LogP contribution in [0.3, 0.4) is 0 Å². The highest BCUT2D eigenvalue weighted by atomic mass is 28.4. The zero-order chi connectivity index (χ0) is 29.4. The van der Waals surface area contributed by atoms with Crippen molar-refractivity contribution in [2.24, 2.45) is 5.92 Å². The first-order valence-electron chi connectivity index (χ1n) is 13.9. The van der Waals surface area contributed by atoms with Gasteiger partial charge in [0.15, 0.2) is 11.2 Å². The van der Waals surface area contributed by atoms with Gasteiger partial charge in [0.1, 0.15) is 12.3 Å². The first kappa shape index (κ1) is 28.9. The van der Waals surface area contributed by atoms with Crippen molar-refractivity contribution in [1.82, 2.24) is 19.5 Å². The number of nitrogens with zero attached hydrogens (tertiary/aromatic N) is 3. The first-order valence-corrected chi connectivity index (χ1v) is 15.8. The van der Waals surface area contributed by atoms with E-state index in [1.165, 1.54) is 6.33 Å². The molecule has 0 radical (unpaired) electrons. The van der Waals surface area contributed by atoms with E-state index in [0.717, 1.165) is 10.4 Å². The zero-order valence-electron chi connectivity index (χ0n) is 24.0. The van der Waals surface area contributed by atoms with Gasteiger partial charge >= 0.3 is 0 Å². The number of carbonyl (C=O) groups excluding carboxylic acids is 1. The summed E-state index contributed by atoms with van der Waals surface area (Å²) in [4.78, 5) is 36.3.